The Balaban J connectivity index is 3.98. The van der Waals surface area contributed by atoms with Crippen LogP contribution in [-0.2, 0) is 9.59 Å². The van der Waals surface area contributed by atoms with Crippen molar-refractivity contribution in [3.8, 4) is 0 Å². The highest BCUT2D eigenvalue weighted by Crippen LogP contribution is 2.00. The van der Waals surface area contributed by atoms with E-state index in [1.165, 1.54) is 0 Å². The third-order valence-corrected chi connectivity index (χ3v) is 1.05. The maximum atomic E-state index is 10.1. The van der Waals surface area contributed by atoms with Gasteiger partial charge < -0.3 is 15.9 Å². The monoisotopic (exact) mass is 147 g/mol. The number of rotatable bonds is 4. The van der Waals surface area contributed by atoms with E-state index in [0.29, 0.717) is 0 Å². The maximum Gasteiger partial charge on any atom is 0.317 e. The highest BCUT2D eigenvalue weighted by molar-refractivity contribution is 5.92. The molecule has 0 saturated heterocycles. The molecule has 0 unspecified atom stereocenters. The predicted octanol–water partition coefficient (Wildman–Crippen LogP) is -0.879. The van der Waals surface area contributed by atoms with E-state index in [-0.39, 0.29) is 13.0 Å². The summed E-state index contributed by atoms with van der Waals surface area (Å²) in [6.07, 6.45) is -0.0231. The highest BCUT2D eigenvalue weighted by atomic mass is 16.4. The molecule has 0 amide bonds. The van der Waals surface area contributed by atoms with Crippen LogP contribution in [0.2, 0.25) is 0 Å². The lowest BCUT2D eigenvalue weighted by atomic mass is 10.1. The van der Waals surface area contributed by atoms with Crippen LogP contribution in [0.5, 0.6) is 0 Å². The highest BCUT2D eigenvalue weighted by Gasteiger charge is 2.23. The average molecular weight is 147 g/mol. The van der Waals surface area contributed by atoms with E-state index in [4.69, 9.17) is 15.9 Å². The fourth-order valence-corrected chi connectivity index (χ4v) is 0.519. The van der Waals surface area contributed by atoms with E-state index in [1.54, 1.807) is 0 Å². The quantitative estimate of drug-likeness (QED) is 0.448. The van der Waals surface area contributed by atoms with E-state index in [9.17, 15) is 9.59 Å². The van der Waals surface area contributed by atoms with Crippen molar-refractivity contribution < 1.29 is 19.8 Å². The van der Waals surface area contributed by atoms with Gasteiger partial charge in [0.25, 0.3) is 0 Å². The van der Waals surface area contributed by atoms with E-state index in [1.807, 2.05) is 0 Å². The van der Waals surface area contributed by atoms with Gasteiger partial charge in [0.05, 0.1) is 0 Å². The van der Waals surface area contributed by atoms with Crippen molar-refractivity contribution in [1.82, 2.24) is 0 Å². The largest absolute Gasteiger partial charge is 0.481 e. The van der Waals surface area contributed by atoms with Gasteiger partial charge in [-0.05, 0) is 13.0 Å². The fraction of sp³-hybridized carbons (Fsp3) is 0.600. The number of nitrogens with two attached hydrogens (primary N) is 1. The Morgan fingerprint density at radius 3 is 1.80 bits per heavy atom. The van der Waals surface area contributed by atoms with E-state index in [2.05, 4.69) is 0 Å². The molecule has 5 heteroatoms. The number of carbonyl (C=O) groups is 2. The molecule has 4 N–H and O–H groups in total. The summed E-state index contributed by atoms with van der Waals surface area (Å²) in [6.45, 7) is 0.0727. The molecule has 0 bridgehead atoms. The summed E-state index contributed by atoms with van der Waals surface area (Å²) in [6, 6.07) is 0. The molecule has 0 rings (SSSR count). The third kappa shape index (κ3) is 2.45. The Bertz CT molecular complexity index is 131. The molecular weight excluding hydrogens is 138 g/mol. The zero-order valence-corrected chi connectivity index (χ0v) is 5.28. The molecule has 0 fully saturated rings. The fourth-order valence-electron chi connectivity index (χ4n) is 0.519. The van der Waals surface area contributed by atoms with E-state index >= 15 is 0 Å². The first-order chi connectivity index (χ1) is 4.59. The summed E-state index contributed by atoms with van der Waals surface area (Å²) in [5.41, 5.74) is 4.98. The second-order valence-electron chi connectivity index (χ2n) is 1.81. The Morgan fingerprint density at radius 2 is 1.70 bits per heavy atom. The smallest absolute Gasteiger partial charge is 0.317 e. The van der Waals surface area contributed by atoms with Gasteiger partial charge in [0, 0.05) is 0 Å². The molecule has 0 aliphatic rings. The summed E-state index contributed by atoms with van der Waals surface area (Å²) in [5.74, 6) is -4.03. The lowest BCUT2D eigenvalue weighted by molar-refractivity contribution is -0.154. The van der Waals surface area contributed by atoms with Gasteiger partial charge in [0.1, 0.15) is 0 Å². The Kier molecular flexibility index (Phi) is 3.42. The van der Waals surface area contributed by atoms with Crippen LogP contribution in [0.1, 0.15) is 6.42 Å². The Labute approximate surface area is 57.5 Å². The molecule has 0 saturated carbocycles. The van der Waals surface area contributed by atoms with Crippen molar-refractivity contribution in [2.75, 3.05) is 6.54 Å². The van der Waals surface area contributed by atoms with Crippen LogP contribution < -0.4 is 5.73 Å². The van der Waals surface area contributed by atoms with Crippen LogP contribution >= 0.6 is 0 Å². The van der Waals surface area contributed by atoms with Crippen LogP contribution in [0.4, 0.5) is 0 Å². The number of hydrogen-bond acceptors (Lipinski definition) is 3. The SMILES string of the molecule is NCCC(C(=O)O)C(=O)O. The van der Waals surface area contributed by atoms with Gasteiger partial charge in [-0.15, -0.1) is 0 Å². The van der Waals surface area contributed by atoms with Gasteiger partial charge in [0.2, 0.25) is 0 Å². The summed E-state index contributed by atoms with van der Waals surface area (Å²) < 4.78 is 0. The number of aliphatic carboxylic acids is 2. The first-order valence-corrected chi connectivity index (χ1v) is 2.75. The van der Waals surface area contributed by atoms with Crippen molar-refractivity contribution in [1.29, 1.82) is 0 Å². The van der Waals surface area contributed by atoms with Gasteiger partial charge >= 0.3 is 11.9 Å². The van der Waals surface area contributed by atoms with Crippen LogP contribution in [-0.4, -0.2) is 28.7 Å². The average Bonchev–Trinajstić information content (AvgIpc) is 1.81. The predicted molar refractivity (Wildman–Crippen MR) is 32.4 cm³/mol. The van der Waals surface area contributed by atoms with E-state index < -0.39 is 17.9 Å². The van der Waals surface area contributed by atoms with Crippen molar-refractivity contribution in [2.45, 2.75) is 6.42 Å². The topological polar surface area (TPSA) is 101 Å². The summed E-state index contributed by atoms with van der Waals surface area (Å²) >= 11 is 0. The third-order valence-electron chi connectivity index (χ3n) is 1.05. The Morgan fingerprint density at radius 1 is 1.30 bits per heavy atom. The normalized spacial score (nSPS) is 9.80. The zero-order chi connectivity index (χ0) is 8.15. The van der Waals surface area contributed by atoms with Crippen molar-refractivity contribution in [2.24, 2.45) is 11.7 Å². The molecule has 0 aromatic carbocycles. The molecule has 10 heavy (non-hydrogen) atoms. The minimum Gasteiger partial charge on any atom is -0.481 e. The van der Waals surface area contributed by atoms with Gasteiger partial charge in [-0.25, -0.2) is 0 Å². The van der Waals surface area contributed by atoms with Gasteiger partial charge in [-0.3, -0.25) is 9.59 Å². The standard InChI is InChI=1S/C5H9NO4/c6-2-1-3(4(7)8)5(9)10/h3H,1-2,6H2,(H,7,8)(H,9,10). The van der Waals surface area contributed by atoms with Crippen LogP contribution in [0.25, 0.3) is 0 Å². The number of carboxylic acid groups (broad SMARTS) is 2. The van der Waals surface area contributed by atoms with Crippen molar-refractivity contribution >= 4 is 11.9 Å². The zero-order valence-electron chi connectivity index (χ0n) is 5.28. The molecule has 0 radical (unpaired) electrons. The van der Waals surface area contributed by atoms with Crippen LogP contribution in [0.3, 0.4) is 0 Å². The lowest BCUT2D eigenvalue weighted by Crippen LogP contribution is -2.25. The first kappa shape index (κ1) is 8.90. The number of hydrogen-bond donors (Lipinski definition) is 3. The van der Waals surface area contributed by atoms with Crippen molar-refractivity contribution in [3.63, 3.8) is 0 Å². The molecule has 0 aromatic rings. The molecule has 0 aliphatic carbocycles. The molecule has 0 atom stereocenters. The van der Waals surface area contributed by atoms with E-state index in [0.717, 1.165) is 0 Å². The van der Waals surface area contributed by atoms with Gasteiger partial charge in [-0.2, -0.15) is 0 Å². The lowest BCUT2D eigenvalue weighted by Gasteiger charge is -2.02. The molecule has 5 nitrogen and oxygen atoms in total. The Hall–Kier alpha value is -1.10. The minimum atomic E-state index is -1.36. The molecule has 0 aromatic heterocycles. The second-order valence-corrected chi connectivity index (χ2v) is 1.81. The molecular formula is C5H9NO4. The van der Waals surface area contributed by atoms with Gasteiger partial charge in [-0.1, -0.05) is 0 Å². The summed E-state index contributed by atoms with van der Waals surface area (Å²) in [5, 5.41) is 16.5. The summed E-state index contributed by atoms with van der Waals surface area (Å²) in [7, 11) is 0. The summed E-state index contributed by atoms with van der Waals surface area (Å²) in [4.78, 5) is 20.2. The molecule has 0 aliphatic heterocycles. The van der Waals surface area contributed by atoms with Crippen LogP contribution in [0, 0.1) is 5.92 Å². The first-order valence-electron chi connectivity index (χ1n) is 2.75. The molecule has 0 spiro atoms. The molecule has 58 valence electrons. The molecule has 0 heterocycles. The minimum absolute atomic E-state index is 0.0231. The second kappa shape index (κ2) is 3.84. The number of carboxylic acids is 2. The van der Waals surface area contributed by atoms with Crippen LogP contribution in [0.15, 0.2) is 0 Å². The van der Waals surface area contributed by atoms with Crippen molar-refractivity contribution in [3.05, 3.63) is 0 Å². The maximum absolute atomic E-state index is 10.1. The van der Waals surface area contributed by atoms with Gasteiger partial charge in [0.15, 0.2) is 5.92 Å².